The molecule has 0 saturated heterocycles. The van der Waals surface area contributed by atoms with E-state index in [-0.39, 0.29) is 0 Å². The summed E-state index contributed by atoms with van der Waals surface area (Å²) >= 11 is 0. The van der Waals surface area contributed by atoms with E-state index in [0.717, 1.165) is 39.8 Å². The summed E-state index contributed by atoms with van der Waals surface area (Å²) in [6, 6.07) is 94.1. The van der Waals surface area contributed by atoms with E-state index in [1.54, 1.807) is 0 Å². The first-order valence-electron chi connectivity index (χ1n) is 22.3. The molecule has 0 aliphatic heterocycles. The highest BCUT2D eigenvalue weighted by Gasteiger charge is 2.22. The Bertz CT molecular complexity index is 3250. The van der Waals surface area contributed by atoms with Crippen LogP contribution in [0, 0.1) is 0 Å². The number of hydrogen-bond acceptors (Lipinski definition) is 2. The number of anilines is 6. The first-order chi connectivity index (χ1) is 32.3. The van der Waals surface area contributed by atoms with E-state index in [4.69, 9.17) is 0 Å². The van der Waals surface area contributed by atoms with E-state index in [1.807, 2.05) is 0 Å². The smallest absolute Gasteiger partial charge is 0.0547 e. The van der Waals surface area contributed by atoms with Crippen LogP contribution in [-0.2, 0) is 0 Å². The molecule has 3 nitrogen and oxygen atoms in total. The molecule has 0 amide bonds. The Hall–Kier alpha value is -8.66. The fourth-order valence-electron chi connectivity index (χ4n) is 9.75. The van der Waals surface area contributed by atoms with Gasteiger partial charge < -0.3 is 14.4 Å². The van der Waals surface area contributed by atoms with Crippen LogP contribution in [0.15, 0.2) is 261 Å². The third-order valence-electron chi connectivity index (χ3n) is 12.8. The zero-order valence-corrected chi connectivity index (χ0v) is 35.7. The predicted octanol–water partition coefficient (Wildman–Crippen LogP) is 17.3. The number of hydrogen-bond donors (Lipinski definition) is 0. The molecule has 3 heteroatoms. The normalized spacial score (nSPS) is 11.4. The quantitative estimate of drug-likeness (QED) is 0.127. The van der Waals surface area contributed by atoms with Crippen molar-refractivity contribution in [3.63, 3.8) is 0 Å². The molecule has 0 bridgehead atoms. The average Bonchev–Trinajstić information content (AvgIpc) is 3.73. The van der Waals surface area contributed by atoms with Gasteiger partial charge in [-0.15, -0.1) is 0 Å². The zero-order chi connectivity index (χ0) is 43.1. The van der Waals surface area contributed by atoms with Crippen LogP contribution < -0.4 is 9.80 Å². The molecule has 0 atom stereocenters. The van der Waals surface area contributed by atoms with Gasteiger partial charge in [0.05, 0.1) is 11.0 Å². The maximum absolute atomic E-state index is 2.45. The Morgan fingerprint density at radius 1 is 0.231 bits per heavy atom. The molecule has 0 saturated carbocycles. The van der Waals surface area contributed by atoms with Crippen LogP contribution in [0.1, 0.15) is 0 Å². The van der Waals surface area contributed by atoms with Crippen molar-refractivity contribution < 1.29 is 0 Å². The van der Waals surface area contributed by atoms with Crippen LogP contribution in [-0.4, -0.2) is 4.57 Å². The Kier molecular flexibility index (Phi) is 9.50. The molecular weight excluding hydrogens is 787 g/mol. The third-order valence-corrected chi connectivity index (χ3v) is 12.8. The standard InChI is InChI=1S/C62H43N3/c1-6-16-44(17-7-1)45-26-32-54(33-27-45)65-59-42-40-55(46-28-34-52(35-29-46)63(48-18-8-2-9-19-48)49-20-10-3-11-21-49)57-38-39-58-56(41-43-60(65)62(58)61(57)59)47-30-36-53(37-31-47)64(50-22-12-4-13-23-50)51-24-14-5-15-25-51/h1-43H. The van der Waals surface area contributed by atoms with Gasteiger partial charge in [0.1, 0.15) is 0 Å². The summed E-state index contributed by atoms with van der Waals surface area (Å²) in [5.74, 6) is 0. The number of aromatic nitrogens is 1. The maximum atomic E-state index is 2.45. The molecule has 0 fully saturated rings. The van der Waals surface area contributed by atoms with Gasteiger partial charge in [-0.1, -0.05) is 164 Å². The van der Waals surface area contributed by atoms with Gasteiger partial charge in [-0.25, -0.2) is 0 Å². The van der Waals surface area contributed by atoms with Crippen LogP contribution in [0.5, 0.6) is 0 Å². The first-order valence-corrected chi connectivity index (χ1v) is 22.3. The van der Waals surface area contributed by atoms with Crippen molar-refractivity contribution in [1.29, 1.82) is 0 Å². The molecule has 0 aliphatic carbocycles. The van der Waals surface area contributed by atoms with Gasteiger partial charge in [-0.3, -0.25) is 0 Å². The minimum absolute atomic E-state index is 1.11. The molecular formula is C62H43N3. The monoisotopic (exact) mass is 829 g/mol. The number of para-hydroxylation sites is 4. The molecule has 12 aromatic rings. The summed E-state index contributed by atoms with van der Waals surface area (Å²) in [5.41, 5.74) is 17.5. The Morgan fingerprint density at radius 2 is 0.538 bits per heavy atom. The van der Waals surface area contributed by atoms with Crippen LogP contribution in [0.4, 0.5) is 34.1 Å². The summed E-state index contributed by atoms with van der Waals surface area (Å²) in [4.78, 5) is 4.63. The molecule has 11 aromatic carbocycles. The second-order valence-corrected chi connectivity index (χ2v) is 16.5. The van der Waals surface area contributed by atoms with Gasteiger partial charge in [-0.2, -0.15) is 0 Å². The maximum Gasteiger partial charge on any atom is 0.0547 e. The van der Waals surface area contributed by atoms with Gasteiger partial charge in [-0.05, 0) is 141 Å². The van der Waals surface area contributed by atoms with Crippen LogP contribution >= 0.6 is 0 Å². The second-order valence-electron chi connectivity index (χ2n) is 16.5. The zero-order valence-electron chi connectivity index (χ0n) is 35.7. The van der Waals surface area contributed by atoms with E-state index >= 15 is 0 Å². The van der Waals surface area contributed by atoms with Crippen molar-refractivity contribution in [1.82, 2.24) is 4.57 Å². The van der Waals surface area contributed by atoms with Crippen molar-refractivity contribution in [2.45, 2.75) is 0 Å². The lowest BCUT2D eigenvalue weighted by molar-refractivity contribution is 1.18. The van der Waals surface area contributed by atoms with Crippen molar-refractivity contribution >= 4 is 66.7 Å². The molecule has 306 valence electrons. The molecule has 0 unspecified atom stereocenters. The number of benzene rings is 11. The van der Waals surface area contributed by atoms with E-state index in [2.05, 4.69) is 275 Å². The molecule has 65 heavy (non-hydrogen) atoms. The van der Waals surface area contributed by atoms with Crippen molar-refractivity contribution in [2.24, 2.45) is 0 Å². The minimum atomic E-state index is 1.11. The third kappa shape index (κ3) is 6.78. The van der Waals surface area contributed by atoms with E-state index in [0.29, 0.717) is 0 Å². The molecule has 0 spiro atoms. The summed E-state index contributed by atoms with van der Waals surface area (Å²) in [6.07, 6.45) is 0. The Balaban J connectivity index is 0.999. The highest BCUT2D eigenvalue weighted by atomic mass is 15.1. The predicted molar refractivity (Wildman–Crippen MR) is 275 cm³/mol. The molecule has 12 rings (SSSR count). The lowest BCUT2D eigenvalue weighted by Crippen LogP contribution is -2.09. The van der Waals surface area contributed by atoms with Gasteiger partial charge in [0.15, 0.2) is 0 Å². The minimum Gasteiger partial charge on any atom is -0.311 e. The first kappa shape index (κ1) is 38.0. The van der Waals surface area contributed by atoms with Crippen LogP contribution in [0.3, 0.4) is 0 Å². The summed E-state index contributed by atoms with van der Waals surface area (Å²) < 4.78 is 2.45. The van der Waals surface area contributed by atoms with Crippen molar-refractivity contribution in [2.75, 3.05) is 9.80 Å². The summed E-state index contributed by atoms with van der Waals surface area (Å²) in [6.45, 7) is 0. The average molecular weight is 830 g/mol. The highest BCUT2D eigenvalue weighted by Crippen LogP contribution is 2.46. The summed E-state index contributed by atoms with van der Waals surface area (Å²) in [7, 11) is 0. The fourth-order valence-corrected chi connectivity index (χ4v) is 9.75. The van der Waals surface area contributed by atoms with Crippen molar-refractivity contribution in [3.05, 3.63) is 261 Å². The van der Waals surface area contributed by atoms with Gasteiger partial charge in [0.2, 0.25) is 0 Å². The molecule has 0 N–H and O–H groups in total. The van der Waals surface area contributed by atoms with E-state index < -0.39 is 0 Å². The van der Waals surface area contributed by atoms with E-state index in [1.165, 1.54) is 66.0 Å². The second kappa shape index (κ2) is 16.2. The van der Waals surface area contributed by atoms with Crippen LogP contribution in [0.25, 0.3) is 71.6 Å². The topological polar surface area (TPSA) is 11.4 Å². The summed E-state index contributed by atoms with van der Waals surface area (Å²) in [5, 5.41) is 5.03. The van der Waals surface area contributed by atoms with Crippen molar-refractivity contribution in [3.8, 4) is 39.1 Å². The Labute approximate surface area is 379 Å². The van der Waals surface area contributed by atoms with Gasteiger partial charge in [0, 0.05) is 50.6 Å². The largest absolute Gasteiger partial charge is 0.311 e. The number of rotatable bonds is 10. The number of nitrogens with zero attached hydrogens (tertiary/aromatic N) is 3. The lowest BCUT2D eigenvalue weighted by Gasteiger charge is -2.25. The molecule has 1 aromatic heterocycles. The lowest BCUT2D eigenvalue weighted by atomic mass is 9.91. The van der Waals surface area contributed by atoms with Gasteiger partial charge >= 0.3 is 0 Å². The highest BCUT2D eigenvalue weighted by molar-refractivity contribution is 6.28. The molecule has 1 heterocycles. The van der Waals surface area contributed by atoms with Crippen LogP contribution in [0.2, 0.25) is 0 Å². The molecule has 0 radical (unpaired) electrons. The SMILES string of the molecule is c1ccc(-c2ccc(-n3c4ccc(-c5ccc(N(c6ccccc6)c6ccccc6)cc5)c5ccc6c(-c7ccc(N(c8ccccc8)c8ccccc8)cc7)ccc3c6c54)cc2)cc1. The van der Waals surface area contributed by atoms with E-state index in [9.17, 15) is 0 Å². The van der Waals surface area contributed by atoms with Gasteiger partial charge in [0.25, 0.3) is 0 Å². The molecule has 0 aliphatic rings. The Morgan fingerprint density at radius 3 is 0.908 bits per heavy atom. The fraction of sp³-hybridized carbons (Fsp3) is 0.